The fourth-order valence-electron chi connectivity index (χ4n) is 1.69. The lowest BCUT2D eigenvalue weighted by Gasteiger charge is -2.01. The number of rotatable bonds is 4. The number of non-ortho nitro benzene ring substituents is 1. The summed E-state index contributed by atoms with van der Waals surface area (Å²) in [7, 11) is 0. The molecule has 7 heteroatoms. The molecule has 0 amide bonds. The molecule has 20 heavy (non-hydrogen) atoms. The van der Waals surface area contributed by atoms with Gasteiger partial charge in [0.1, 0.15) is 0 Å². The fraction of sp³-hybridized carbons (Fsp3) is 0. The predicted molar refractivity (Wildman–Crippen MR) is 81.8 cm³/mol. The summed E-state index contributed by atoms with van der Waals surface area (Å²) >= 11 is 3.10. The molecule has 3 rings (SSSR count). The Kier molecular flexibility index (Phi) is 3.44. The minimum Gasteiger partial charge on any atom is -0.331 e. The Hall–Kier alpha value is -2.25. The molecule has 0 saturated heterocycles. The van der Waals surface area contributed by atoms with Crippen LogP contribution in [0.5, 0.6) is 0 Å². The molecule has 0 unspecified atom stereocenters. The highest BCUT2D eigenvalue weighted by atomic mass is 32.1. The number of anilines is 2. The van der Waals surface area contributed by atoms with Crippen LogP contribution in [0, 0.1) is 10.1 Å². The largest absolute Gasteiger partial charge is 0.331 e. The van der Waals surface area contributed by atoms with Crippen LogP contribution in [0.15, 0.2) is 47.2 Å². The molecule has 0 saturated carbocycles. The van der Waals surface area contributed by atoms with Gasteiger partial charge in [-0.3, -0.25) is 10.1 Å². The molecular formula is C13H9N3O2S2. The van der Waals surface area contributed by atoms with E-state index in [4.69, 9.17) is 0 Å². The van der Waals surface area contributed by atoms with Crippen molar-refractivity contribution in [1.82, 2.24) is 4.98 Å². The summed E-state index contributed by atoms with van der Waals surface area (Å²) in [4.78, 5) is 15.9. The Balaban J connectivity index is 1.81. The summed E-state index contributed by atoms with van der Waals surface area (Å²) in [5, 5.41) is 18.5. The van der Waals surface area contributed by atoms with Crippen LogP contribution in [0.4, 0.5) is 16.5 Å². The van der Waals surface area contributed by atoms with Gasteiger partial charge in [-0.05, 0) is 17.5 Å². The SMILES string of the molecule is O=[N+]([O-])c1cccc(Nc2nc(-c3cccs3)cs2)c1. The molecular weight excluding hydrogens is 294 g/mol. The third kappa shape index (κ3) is 2.68. The highest BCUT2D eigenvalue weighted by molar-refractivity contribution is 7.16. The molecule has 0 radical (unpaired) electrons. The van der Waals surface area contributed by atoms with E-state index in [1.807, 2.05) is 22.9 Å². The first-order valence-corrected chi connectivity index (χ1v) is 7.49. The Morgan fingerprint density at radius 2 is 2.10 bits per heavy atom. The number of hydrogen-bond acceptors (Lipinski definition) is 6. The lowest BCUT2D eigenvalue weighted by atomic mass is 10.3. The molecule has 1 aromatic carbocycles. The number of nitro groups is 1. The molecule has 1 N–H and O–H groups in total. The Labute approximate surface area is 122 Å². The summed E-state index contributed by atoms with van der Waals surface area (Å²) in [5.41, 5.74) is 1.63. The molecule has 2 heterocycles. The second-order valence-electron chi connectivity index (χ2n) is 3.95. The first-order chi connectivity index (χ1) is 9.72. The summed E-state index contributed by atoms with van der Waals surface area (Å²) in [6.07, 6.45) is 0. The van der Waals surface area contributed by atoms with Crippen molar-refractivity contribution < 1.29 is 4.92 Å². The first kappa shape index (κ1) is 12.8. The normalized spacial score (nSPS) is 10.4. The van der Waals surface area contributed by atoms with E-state index < -0.39 is 4.92 Å². The molecule has 3 aromatic rings. The lowest BCUT2D eigenvalue weighted by molar-refractivity contribution is -0.384. The van der Waals surface area contributed by atoms with Crippen molar-refractivity contribution in [3.8, 4) is 10.6 Å². The predicted octanol–water partition coefficient (Wildman–Crippen LogP) is 4.52. The third-order valence-electron chi connectivity index (χ3n) is 2.59. The van der Waals surface area contributed by atoms with E-state index in [1.165, 1.54) is 23.5 Å². The first-order valence-electron chi connectivity index (χ1n) is 5.73. The molecule has 0 aliphatic rings. The summed E-state index contributed by atoms with van der Waals surface area (Å²) in [6, 6.07) is 10.4. The van der Waals surface area contributed by atoms with Crippen LogP contribution in [-0.4, -0.2) is 9.91 Å². The minimum atomic E-state index is -0.413. The number of aromatic nitrogens is 1. The minimum absolute atomic E-state index is 0.0602. The maximum Gasteiger partial charge on any atom is 0.271 e. The van der Waals surface area contributed by atoms with Crippen LogP contribution < -0.4 is 5.32 Å². The van der Waals surface area contributed by atoms with Crippen LogP contribution in [0.25, 0.3) is 10.6 Å². The van der Waals surface area contributed by atoms with E-state index in [9.17, 15) is 10.1 Å². The second-order valence-corrected chi connectivity index (χ2v) is 5.75. The highest BCUT2D eigenvalue weighted by Gasteiger charge is 2.08. The van der Waals surface area contributed by atoms with Crippen molar-refractivity contribution in [2.75, 3.05) is 5.32 Å². The van der Waals surface area contributed by atoms with E-state index in [1.54, 1.807) is 23.5 Å². The van der Waals surface area contributed by atoms with E-state index in [-0.39, 0.29) is 5.69 Å². The van der Waals surface area contributed by atoms with Crippen molar-refractivity contribution in [2.45, 2.75) is 0 Å². The fourth-order valence-corrected chi connectivity index (χ4v) is 3.18. The van der Waals surface area contributed by atoms with Crippen LogP contribution in [0.3, 0.4) is 0 Å². The van der Waals surface area contributed by atoms with Crippen LogP contribution in [-0.2, 0) is 0 Å². The molecule has 0 fully saturated rings. The van der Waals surface area contributed by atoms with Gasteiger partial charge < -0.3 is 5.32 Å². The lowest BCUT2D eigenvalue weighted by Crippen LogP contribution is -1.92. The van der Waals surface area contributed by atoms with Crippen molar-refractivity contribution in [2.24, 2.45) is 0 Å². The number of benzene rings is 1. The molecule has 0 aliphatic heterocycles. The summed E-state index contributed by atoms with van der Waals surface area (Å²) < 4.78 is 0. The van der Waals surface area contributed by atoms with Gasteiger partial charge in [-0.1, -0.05) is 12.1 Å². The van der Waals surface area contributed by atoms with Gasteiger partial charge in [0.15, 0.2) is 5.13 Å². The molecule has 0 bridgehead atoms. The maximum absolute atomic E-state index is 10.7. The van der Waals surface area contributed by atoms with Gasteiger partial charge in [0.05, 0.1) is 15.5 Å². The van der Waals surface area contributed by atoms with Gasteiger partial charge in [0, 0.05) is 23.2 Å². The Morgan fingerprint density at radius 1 is 1.20 bits per heavy atom. The molecule has 100 valence electrons. The van der Waals surface area contributed by atoms with Gasteiger partial charge in [-0.25, -0.2) is 4.98 Å². The average molecular weight is 303 g/mol. The zero-order valence-electron chi connectivity index (χ0n) is 10.1. The quantitative estimate of drug-likeness (QED) is 0.568. The van der Waals surface area contributed by atoms with Crippen molar-refractivity contribution in [3.63, 3.8) is 0 Å². The van der Waals surface area contributed by atoms with E-state index in [2.05, 4.69) is 10.3 Å². The van der Waals surface area contributed by atoms with Gasteiger partial charge >= 0.3 is 0 Å². The monoisotopic (exact) mass is 303 g/mol. The zero-order chi connectivity index (χ0) is 13.9. The highest BCUT2D eigenvalue weighted by Crippen LogP contribution is 2.30. The van der Waals surface area contributed by atoms with Crippen molar-refractivity contribution in [3.05, 3.63) is 57.3 Å². The van der Waals surface area contributed by atoms with Crippen molar-refractivity contribution >= 4 is 39.2 Å². The Morgan fingerprint density at radius 3 is 2.85 bits per heavy atom. The summed E-state index contributed by atoms with van der Waals surface area (Å²) in [6.45, 7) is 0. The van der Waals surface area contributed by atoms with E-state index >= 15 is 0 Å². The molecule has 0 aliphatic carbocycles. The van der Waals surface area contributed by atoms with Crippen LogP contribution in [0.1, 0.15) is 0 Å². The van der Waals surface area contributed by atoms with Crippen molar-refractivity contribution in [1.29, 1.82) is 0 Å². The van der Waals surface area contributed by atoms with E-state index in [0.29, 0.717) is 10.8 Å². The smallest absolute Gasteiger partial charge is 0.271 e. The molecule has 0 atom stereocenters. The summed E-state index contributed by atoms with van der Waals surface area (Å²) in [5.74, 6) is 0. The molecule has 5 nitrogen and oxygen atoms in total. The maximum atomic E-state index is 10.7. The van der Waals surface area contributed by atoms with Crippen LogP contribution >= 0.6 is 22.7 Å². The number of nitrogens with zero attached hydrogens (tertiary/aromatic N) is 2. The van der Waals surface area contributed by atoms with Gasteiger partial charge in [-0.2, -0.15) is 0 Å². The zero-order valence-corrected chi connectivity index (χ0v) is 11.8. The number of thiophene rings is 1. The average Bonchev–Trinajstić information content (AvgIpc) is 3.09. The number of thiazole rings is 1. The van der Waals surface area contributed by atoms with Crippen LogP contribution in [0.2, 0.25) is 0 Å². The Bertz CT molecular complexity index is 738. The van der Waals surface area contributed by atoms with Gasteiger partial charge in [-0.15, -0.1) is 22.7 Å². The third-order valence-corrected chi connectivity index (χ3v) is 4.24. The van der Waals surface area contributed by atoms with Gasteiger partial charge in [0.25, 0.3) is 5.69 Å². The topological polar surface area (TPSA) is 68.1 Å². The molecule has 0 spiro atoms. The number of nitro benzene ring substituents is 1. The standard InChI is InChI=1S/C13H9N3O2S2/c17-16(18)10-4-1-3-9(7-10)14-13-15-11(8-20-13)12-5-2-6-19-12/h1-8H,(H,14,15). The number of hydrogen-bond donors (Lipinski definition) is 1. The molecule has 2 aromatic heterocycles. The van der Waals surface area contributed by atoms with Gasteiger partial charge in [0.2, 0.25) is 0 Å². The second kappa shape index (κ2) is 5.40. The number of nitrogens with one attached hydrogen (secondary N) is 1. The van der Waals surface area contributed by atoms with E-state index in [0.717, 1.165) is 10.6 Å².